The van der Waals surface area contributed by atoms with Crippen molar-refractivity contribution < 1.29 is 27.5 Å². The molecule has 0 bridgehead atoms. The molecule has 11 nitrogen and oxygen atoms in total. The minimum absolute atomic E-state index is 0.0461. The van der Waals surface area contributed by atoms with Crippen molar-refractivity contribution in [2.24, 2.45) is 5.92 Å². The molecule has 268 valence electrons. The van der Waals surface area contributed by atoms with Gasteiger partial charge in [-0.1, -0.05) is 42.5 Å². The van der Waals surface area contributed by atoms with Crippen LogP contribution < -0.4 is 4.74 Å². The first-order chi connectivity index (χ1) is 24.6. The van der Waals surface area contributed by atoms with Crippen molar-refractivity contribution in [1.82, 2.24) is 39.6 Å². The highest BCUT2D eigenvalue weighted by Gasteiger charge is 2.31. The number of fused-ring (bicyclic) bond motifs is 1. The number of hydrogen-bond acceptors (Lipinski definition) is 8. The van der Waals surface area contributed by atoms with E-state index in [1.807, 2.05) is 24.3 Å². The fraction of sp³-hybridized carbons (Fsp3) is 0.405. The summed E-state index contributed by atoms with van der Waals surface area (Å²) in [4.78, 5) is 36.2. The van der Waals surface area contributed by atoms with Gasteiger partial charge in [0.1, 0.15) is 12.1 Å². The Morgan fingerprint density at radius 1 is 1.00 bits per heavy atom. The van der Waals surface area contributed by atoms with E-state index in [4.69, 9.17) is 4.74 Å². The number of piperidine rings is 1. The Morgan fingerprint density at radius 2 is 1.75 bits per heavy atom. The number of hydrogen-bond donors (Lipinski definition) is 0. The molecular formula is C37H41F3N8O3. The molecule has 1 fully saturated rings. The summed E-state index contributed by atoms with van der Waals surface area (Å²) in [5.41, 5.74) is 3.45. The van der Waals surface area contributed by atoms with Gasteiger partial charge >= 0.3 is 6.18 Å². The Balaban J connectivity index is 1.09. The zero-order chi connectivity index (χ0) is 36.0. The molecule has 2 aromatic heterocycles. The molecule has 51 heavy (non-hydrogen) atoms. The van der Waals surface area contributed by atoms with E-state index in [-0.39, 0.29) is 42.3 Å². The van der Waals surface area contributed by atoms with Crippen molar-refractivity contribution in [3.05, 3.63) is 96.1 Å². The second kappa shape index (κ2) is 15.8. The van der Waals surface area contributed by atoms with E-state index in [1.54, 1.807) is 52.9 Å². The highest BCUT2D eigenvalue weighted by Crippen LogP contribution is 2.29. The lowest BCUT2D eigenvalue weighted by molar-refractivity contribution is -0.135. The van der Waals surface area contributed by atoms with Gasteiger partial charge in [-0.05, 0) is 91.6 Å². The topological polar surface area (TPSA) is 111 Å². The summed E-state index contributed by atoms with van der Waals surface area (Å²) in [5.74, 6) is 0.186. The lowest BCUT2D eigenvalue weighted by atomic mass is 9.90. The molecule has 0 spiro atoms. The van der Waals surface area contributed by atoms with E-state index in [1.165, 1.54) is 18.1 Å². The van der Waals surface area contributed by atoms with Crippen molar-refractivity contribution in [1.29, 1.82) is 0 Å². The van der Waals surface area contributed by atoms with E-state index in [0.29, 0.717) is 60.5 Å². The second-order valence-electron chi connectivity index (χ2n) is 13.0. The van der Waals surface area contributed by atoms with Gasteiger partial charge in [0, 0.05) is 38.4 Å². The van der Waals surface area contributed by atoms with Gasteiger partial charge in [-0.2, -0.15) is 13.2 Å². The van der Waals surface area contributed by atoms with Crippen LogP contribution in [-0.2, 0) is 6.54 Å². The minimum Gasteiger partial charge on any atom is -0.496 e. The maximum atomic E-state index is 13.8. The van der Waals surface area contributed by atoms with E-state index < -0.39 is 12.6 Å². The van der Waals surface area contributed by atoms with Crippen LogP contribution in [0.3, 0.4) is 0 Å². The lowest BCUT2D eigenvalue weighted by Crippen LogP contribution is -2.38. The van der Waals surface area contributed by atoms with Gasteiger partial charge in [-0.15, -0.1) is 5.10 Å². The van der Waals surface area contributed by atoms with Crippen LogP contribution in [-0.4, -0.2) is 97.8 Å². The minimum atomic E-state index is -4.26. The lowest BCUT2D eigenvalue weighted by Gasteiger charge is -2.33. The summed E-state index contributed by atoms with van der Waals surface area (Å²) < 4.78 is 47.4. The number of aryl methyl sites for hydroxylation is 1. The quantitative estimate of drug-likeness (QED) is 0.126. The van der Waals surface area contributed by atoms with Crippen molar-refractivity contribution in [2.45, 2.75) is 50.7 Å². The third-order valence-corrected chi connectivity index (χ3v) is 9.61. The average molecular weight is 703 g/mol. The van der Waals surface area contributed by atoms with Crippen molar-refractivity contribution >= 4 is 22.7 Å². The van der Waals surface area contributed by atoms with Crippen LogP contribution in [0.15, 0.2) is 79.1 Å². The predicted octanol–water partition coefficient (Wildman–Crippen LogP) is 6.20. The second-order valence-corrected chi connectivity index (χ2v) is 13.0. The zero-order valence-corrected chi connectivity index (χ0v) is 28.7. The van der Waals surface area contributed by atoms with E-state index in [0.717, 1.165) is 18.5 Å². The predicted molar refractivity (Wildman–Crippen MR) is 185 cm³/mol. The molecule has 5 aromatic rings. The number of rotatable bonds is 14. The number of aromatic nitrogens is 6. The van der Waals surface area contributed by atoms with Crippen LogP contribution >= 0.6 is 0 Å². The molecule has 3 heterocycles. The number of ether oxygens (including phenoxy) is 1. The van der Waals surface area contributed by atoms with Gasteiger partial charge in [0.05, 0.1) is 29.4 Å². The van der Waals surface area contributed by atoms with E-state index >= 15 is 0 Å². The number of carbonyl (C=O) groups is 2. The Bertz CT molecular complexity index is 1920. The van der Waals surface area contributed by atoms with Crippen LogP contribution in [0.4, 0.5) is 13.2 Å². The van der Waals surface area contributed by atoms with Crippen LogP contribution in [0, 0.1) is 5.92 Å². The molecule has 1 aliphatic rings. The number of methoxy groups -OCH3 is 1. The SMILES string of the molecule is COc1ccc(-n2cnnn2)cc1C(=O)N(C)CC(CCN1CCC(C(=O)c2nc3ccccc3n2CCCC(F)(F)F)CC1)c1ccccc1. The van der Waals surface area contributed by atoms with Gasteiger partial charge in [-0.25, -0.2) is 9.67 Å². The van der Waals surface area contributed by atoms with Gasteiger partial charge in [0.2, 0.25) is 5.78 Å². The largest absolute Gasteiger partial charge is 0.496 e. The van der Waals surface area contributed by atoms with Crippen LogP contribution in [0.1, 0.15) is 64.6 Å². The number of nitrogens with zero attached hydrogens (tertiary/aromatic N) is 8. The number of alkyl halides is 3. The molecule has 0 aliphatic carbocycles. The number of ketones is 1. The smallest absolute Gasteiger partial charge is 0.389 e. The molecule has 6 rings (SSSR count). The fourth-order valence-corrected chi connectivity index (χ4v) is 6.86. The van der Waals surface area contributed by atoms with Gasteiger partial charge in [0.25, 0.3) is 5.91 Å². The molecule has 1 amide bonds. The van der Waals surface area contributed by atoms with Gasteiger partial charge < -0.3 is 19.1 Å². The summed E-state index contributed by atoms with van der Waals surface area (Å²) >= 11 is 0. The monoisotopic (exact) mass is 702 g/mol. The summed E-state index contributed by atoms with van der Waals surface area (Å²) in [6.07, 6.45) is -1.77. The number of likely N-dealkylation sites (tertiary alicyclic amines) is 1. The number of benzene rings is 3. The number of Topliss-reactive ketones (excluding diaryl/α,β-unsaturated/α-hetero) is 1. The van der Waals surface area contributed by atoms with E-state index in [2.05, 4.69) is 37.5 Å². The molecule has 0 radical (unpaired) electrons. The fourth-order valence-electron chi connectivity index (χ4n) is 6.86. The number of likely N-dealkylation sites (N-methyl/N-ethyl adjacent to an activating group) is 1. The molecule has 0 saturated carbocycles. The highest BCUT2D eigenvalue weighted by molar-refractivity contribution is 5.98. The first-order valence-electron chi connectivity index (χ1n) is 17.1. The number of para-hydroxylation sites is 2. The molecule has 1 unspecified atom stereocenters. The number of carbonyl (C=O) groups excluding carboxylic acids is 2. The Hall–Kier alpha value is -5.11. The Labute approximate surface area is 294 Å². The number of imidazole rings is 1. The summed E-state index contributed by atoms with van der Waals surface area (Å²) in [6.45, 7) is 2.75. The van der Waals surface area contributed by atoms with Gasteiger partial charge in [-0.3, -0.25) is 9.59 Å². The van der Waals surface area contributed by atoms with Crippen LogP contribution in [0.25, 0.3) is 16.7 Å². The summed E-state index contributed by atoms with van der Waals surface area (Å²) in [6, 6.07) is 22.5. The molecule has 1 atom stereocenters. The van der Waals surface area contributed by atoms with Crippen LogP contribution in [0.2, 0.25) is 0 Å². The summed E-state index contributed by atoms with van der Waals surface area (Å²) in [5, 5.41) is 11.3. The number of amides is 1. The summed E-state index contributed by atoms with van der Waals surface area (Å²) in [7, 11) is 3.32. The first-order valence-corrected chi connectivity index (χ1v) is 17.1. The molecule has 1 aliphatic heterocycles. The molecular weight excluding hydrogens is 661 g/mol. The number of halogens is 3. The van der Waals surface area contributed by atoms with Crippen molar-refractivity contribution in [3.8, 4) is 11.4 Å². The maximum Gasteiger partial charge on any atom is 0.389 e. The first kappa shape index (κ1) is 35.7. The van der Waals surface area contributed by atoms with Crippen molar-refractivity contribution in [2.75, 3.05) is 40.3 Å². The molecule has 14 heteroatoms. The Kier molecular flexibility index (Phi) is 11.1. The third-order valence-electron chi connectivity index (χ3n) is 9.61. The molecule has 1 saturated heterocycles. The number of tetrazole rings is 1. The highest BCUT2D eigenvalue weighted by atomic mass is 19.4. The molecule has 0 N–H and O–H groups in total. The standard InChI is InChI=1S/C37H41F3N8O3/c1-45(36(50)30-23-29(13-14-33(30)51-2)48-25-41-43-44-48)24-28(26-9-4-3-5-10-26)17-22-46-20-15-27(16-21-46)34(49)35-42-31-11-6-7-12-32(31)47(35)19-8-18-37(38,39)40/h3-7,9-14,23,25,27-28H,8,15-22,24H2,1-2H3. The molecule has 3 aromatic carbocycles. The van der Waals surface area contributed by atoms with Gasteiger partial charge in [0.15, 0.2) is 5.82 Å². The Morgan fingerprint density at radius 3 is 2.45 bits per heavy atom. The van der Waals surface area contributed by atoms with Crippen molar-refractivity contribution in [3.63, 3.8) is 0 Å². The van der Waals surface area contributed by atoms with E-state index in [9.17, 15) is 22.8 Å². The third kappa shape index (κ3) is 8.62. The average Bonchev–Trinajstić information content (AvgIpc) is 3.82. The normalized spacial score (nSPS) is 14.8. The maximum absolute atomic E-state index is 13.8. The van der Waals surface area contributed by atoms with Crippen LogP contribution in [0.5, 0.6) is 5.75 Å². The zero-order valence-electron chi connectivity index (χ0n) is 28.7.